The Morgan fingerprint density at radius 2 is 1.83 bits per heavy atom. The van der Waals surface area contributed by atoms with E-state index < -0.39 is 17.5 Å². The van der Waals surface area contributed by atoms with Gasteiger partial charge in [0.15, 0.2) is 17.4 Å². The monoisotopic (exact) mass is 288 g/mol. The Hall–Kier alpha value is -0.460. The third-order valence-electron chi connectivity index (χ3n) is 1.28. The number of hydrogen-bond donors (Lipinski definition) is 0. The summed E-state index contributed by atoms with van der Waals surface area (Å²) in [5.74, 6) is -4.28. The van der Waals surface area contributed by atoms with Gasteiger partial charge in [0.05, 0.1) is 10.7 Å². The van der Waals surface area contributed by atoms with Crippen molar-refractivity contribution in [3.05, 3.63) is 27.1 Å². The Kier molecular flexibility index (Phi) is 2.81. The molecule has 0 spiro atoms. The molecule has 0 aliphatic carbocycles. The zero-order chi connectivity index (χ0) is 9.30. The van der Waals surface area contributed by atoms with Crippen molar-refractivity contribution in [3.8, 4) is 5.75 Å². The van der Waals surface area contributed by atoms with E-state index in [1.807, 2.05) is 0 Å². The van der Waals surface area contributed by atoms with Crippen LogP contribution in [0.15, 0.2) is 6.07 Å². The summed E-state index contributed by atoms with van der Waals surface area (Å²) < 4.78 is 42.5. The van der Waals surface area contributed by atoms with Crippen LogP contribution in [0.1, 0.15) is 0 Å². The van der Waals surface area contributed by atoms with Gasteiger partial charge >= 0.3 is 0 Å². The third-order valence-corrected chi connectivity index (χ3v) is 2.08. The van der Waals surface area contributed by atoms with Crippen molar-refractivity contribution in [1.29, 1.82) is 0 Å². The Morgan fingerprint density at radius 1 is 1.25 bits per heavy atom. The second-order valence-electron chi connectivity index (χ2n) is 2.00. The minimum Gasteiger partial charge on any atom is -0.492 e. The van der Waals surface area contributed by atoms with Gasteiger partial charge in [-0.05, 0) is 28.7 Å². The van der Waals surface area contributed by atoms with E-state index in [2.05, 4.69) is 4.74 Å². The molecule has 0 atom stereocenters. The van der Waals surface area contributed by atoms with Crippen molar-refractivity contribution in [1.82, 2.24) is 0 Å². The highest BCUT2D eigenvalue weighted by Crippen LogP contribution is 2.27. The van der Waals surface area contributed by atoms with Crippen LogP contribution in [-0.4, -0.2) is 7.11 Å². The quantitative estimate of drug-likeness (QED) is 0.438. The fourth-order valence-electron chi connectivity index (χ4n) is 0.737. The van der Waals surface area contributed by atoms with E-state index in [4.69, 9.17) is 0 Å². The average Bonchev–Trinajstić information content (AvgIpc) is 2.01. The van der Waals surface area contributed by atoms with Crippen molar-refractivity contribution >= 4 is 22.6 Å². The molecule has 1 aromatic carbocycles. The van der Waals surface area contributed by atoms with E-state index in [1.54, 1.807) is 22.6 Å². The molecule has 66 valence electrons. The van der Waals surface area contributed by atoms with Crippen LogP contribution >= 0.6 is 22.6 Å². The summed E-state index contributed by atoms with van der Waals surface area (Å²) in [6.07, 6.45) is 0. The fourth-order valence-corrected chi connectivity index (χ4v) is 1.47. The first-order valence-corrected chi connectivity index (χ1v) is 4.02. The van der Waals surface area contributed by atoms with Gasteiger partial charge in [-0.25, -0.2) is 8.78 Å². The second kappa shape index (κ2) is 3.51. The highest BCUT2D eigenvalue weighted by molar-refractivity contribution is 14.1. The number of methoxy groups -OCH3 is 1. The predicted molar refractivity (Wildman–Crippen MR) is 45.6 cm³/mol. The second-order valence-corrected chi connectivity index (χ2v) is 3.16. The third kappa shape index (κ3) is 1.50. The first-order valence-electron chi connectivity index (χ1n) is 2.95. The zero-order valence-electron chi connectivity index (χ0n) is 6.00. The molecule has 12 heavy (non-hydrogen) atoms. The van der Waals surface area contributed by atoms with E-state index in [0.717, 1.165) is 6.07 Å². The average molecular weight is 288 g/mol. The number of halogens is 4. The van der Waals surface area contributed by atoms with Crippen LogP contribution in [0.2, 0.25) is 0 Å². The normalized spacial score (nSPS) is 10.1. The first kappa shape index (κ1) is 9.63. The molecule has 5 heteroatoms. The highest BCUT2D eigenvalue weighted by Gasteiger charge is 2.17. The van der Waals surface area contributed by atoms with Gasteiger partial charge in [0.2, 0.25) is 5.82 Å². The van der Waals surface area contributed by atoms with Gasteiger partial charge in [-0.15, -0.1) is 0 Å². The Balaban J connectivity index is 3.40. The van der Waals surface area contributed by atoms with Gasteiger partial charge in [0, 0.05) is 0 Å². The van der Waals surface area contributed by atoms with Crippen molar-refractivity contribution < 1.29 is 17.9 Å². The minimum absolute atomic E-state index is 0.200. The molecule has 0 unspecified atom stereocenters. The minimum atomic E-state index is -1.51. The van der Waals surface area contributed by atoms with E-state index >= 15 is 0 Å². The number of hydrogen-bond acceptors (Lipinski definition) is 1. The Bertz CT molecular complexity index is 314. The molecule has 1 aromatic rings. The van der Waals surface area contributed by atoms with Crippen molar-refractivity contribution in [2.45, 2.75) is 0 Å². The highest BCUT2D eigenvalue weighted by atomic mass is 127. The lowest BCUT2D eigenvalue weighted by Gasteiger charge is -2.05. The molecule has 1 nitrogen and oxygen atoms in total. The number of benzene rings is 1. The van der Waals surface area contributed by atoms with Crippen LogP contribution in [0.5, 0.6) is 5.75 Å². The largest absolute Gasteiger partial charge is 0.492 e. The number of ether oxygens (including phenoxy) is 1. The molecule has 0 amide bonds. The fraction of sp³-hybridized carbons (Fsp3) is 0.143. The van der Waals surface area contributed by atoms with Crippen molar-refractivity contribution in [2.75, 3.05) is 7.11 Å². The van der Waals surface area contributed by atoms with E-state index in [-0.39, 0.29) is 9.32 Å². The molecule has 0 saturated heterocycles. The summed E-state index contributed by atoms with van der Waals surface area (Å²) in [5, 5.41) is 0. The molecule has 0 aliphatic heterocycles. The molecule has 0 aliphatic rings. The summed E-state index contributed by atoms with van der Waals surface area (Å²) in [5.41, 5.74) is 0. The van der Waals surface area contributed by atoms with Gasteiger partial charge < -0.3 is 4.74 Å². The summed E-state index contributed by atoms with van der Waals surface area (Å²) in [6.45, 7) is 0. The molecule has 0 radical (unpaired) electrons. The molecule has 0 fully saturated rings. The SMILES string of the molecule is COc1c(I)cc(F)c(F)c1F. The summed E-state index contributed by atoms with van der Waals surface area (Å²) >= 11 is 1.66. The van der Waals surface area contributed by atoms with E-state index in [9.17, 15) is 13.2 Å². The van der Waals surface area contributed by atoms with Crippen LogP contribution in [0.25, 0.3) is 0 Å². The van der Waals surface area contributed by atoms with Crippen LogP contribution in [0.4, 0.5) is 13.2 Å². The first-order chi connectivity index (χ1) is 5.57. The molecule has 1 rings (SSSR count). The van der Waals surface area contributed by atoms with Gasteiger partial charge in [-0.1, -0.05) is 0 Å². The van der Waals surface area contributed by atoms with Crippen molar-refractivity contribution in [3.63, 3.8) is 0 Å². The maximum atomic E-state index is 12.8. The van der Waals surface area contributed by atoms with E-state index in [0.29, 0.717) is 0 Å². The maximum absolute atomic E-state index is 12.8. The lowest BCUT2D eigenvalue weighted by molar-refractivity contribution is 0.357. The zero-order valence-corrected chi connectivity index (χ0v) is 8.15. The molecule has 0 heterocycles. The summed E-state index contributed by atoms with van der Waals surface area (Å²) in [7, 11) is 1.19. The topological polar surface area (TPSA) is 9.23 Å². The van der Waals surface area contributed by atoms with Crippen LogP contribution in [-0.2, 0) is 0 Å². The maximum Gasteiger partial charge on any atom is 0.204 e. The molecule has 0 saturated carbocycles. The van der Waals surface area contributed by atoms with Crippen LogP contribution < -0.4 is 4.74 Å². The van der Waals surface area contributed by atoms with Gasteiger partial charge in [0.1, 0.15) is 0 Å². The molecular formula is C7H4F3IO. The number of rotatable bonds is 1. The predicted octanol–water partition coefficient (Wildman–Crippen LogP) is 2.72. The van der Waals surface area contributed by atoms with Crippen LogP contribution in [0, 0.1) is 21.0 Å². The summed E-state index contributed by atoms with van der Waals surface area (Å²) in [6, 6.07) is 0.873. The molecule has 0 aromatic heterocycles. The molecule has 0 N–H and O–H groups in total. The smallest absolute Gasteiger partial charge is 0.204 e. The van der Waals surface area contributed by atoms with Crippen LogP contribution in [0.3, 0.4) is 0 Å². The Morgan fingerprint density at radius 3 is 2.33 bits per heavy atom. The lowest BCUT2D eigenvalue weighted by Crippen LogP contribution is -1.98. The molecular weight excluding hydrogens is 284 g/mol. The van der Waals surface area contributed by atoms with Gasteiger partial charge in [-0.2, -0.15) is 4.39 Å². The molecule has 0 bridgehead atoms. The van der Waals surface area contributed by atoms with E-state index in [1.165, 1.54) is 7.11 Å². The Labute approximate surface area is 80.7 Å². The van der Waals surface area contributed by atoms with Crippen molar-refractivity contribution in [2.24, 2.45) is 0 Å². The standard InChI is InChI=1S/C7H4F3IO/c1-12-7-4(11)2-3(8)5(9)6(7)10/h2H,1H3. The van der Waals surface area contributed by atoms with Gasteiger partial charge in [0.25, 0.3) is 0 Å². The summed E-state index contributed by atoms with van der Waals surface area (Å²) in [4.78, 5) is 0. The lowest BCUT2D eigenvalue weighted by atomic mass is 10.3. The van der Waals surface area contributed by atoms with Gasteiger partial charge in [-0.3, -0.25) is 0 Å².